The first kappa shape index (κ1) is 7.77. The summed E-state index contributed by atoms with van der Waals surface area (Å²) < 4.78 is 20.9. The van der Waals surface area contributed by atoms with Crippen LogP contribution in [0.2, 0.25) is 0 Å². The molecule has 0 aromatic rings. The van der Waals surface area contributed by atoms with E-state index in [1.165, 1.54) is 0 Å². The number of methoxy groups -OCH3 is 1. The highest BCUT2D eigenvalue weighted by Gasteiger charge is 2.38. The topological polar surface area (TPSA) is 55.8 Å². The fourth-order valence-corrected chi connectivity index (χ4v) is 0.686. The summed E-state index contributed by atoms with van der Waals surface area (Å²) in [6.45, 7) is -0.423. The molecule has 1 aliphatic rings. The summed E-state index contributed by atoms with van der Waals surface area (Å²) in [4.78, 5) is 21.4. The molecule has 1 rings (SSSR count). The number of hydrogen-bond donors (Lipinski definition) is 0. The predicted octanol–water partition coefficient (Wildman–Crippen LogP) is 0.501. The number of nitrogens with zero attached hydrogens (tertiary/aromatic N) is 1. The highest BCUT2D eigenvalue weighted by atomic mass is 19.1. The fourth-order valence-electron chi connectivity index (χ4n) is 0.686. The van der Waals surface area contributed by atoms with E-state index in [2.05, 4.69) is 9.47 Å². The lowest BCUT2D eigenvalue weighted by atomic mass is 10.6. The number of carbonyl (C=O) groups is 2. The number of ether oxygens (including phenoxy) is 2. The quantitative estimate of drug-likeness (QED) is 0.488. The van der Waals surface area contributed by atoms with Crippen molar-refractivity contribution in [2.24, 2.45) is 0 Å². The van der Waals surface area contributed by atoms with Crippen molar-refractivity contribution >= 4 is 12.2 Å². The van der Waals surface area contributed by atoms with E-state index in [0.717, 1.165) is 7.11 Å². The smallest absolute Gasteiger partial charge is 0.422 e. The molecule has 0 aliphatic carbocycles. The van der Waals surface area contributed by atoms with Crippen molar-refractivity contribution in [3.8, 4) is 0 Å². The van der Waals surface area contributed by atoms with Gasteiger partial charge in [-0.3, -0.25) is 0 Å². The minimum atomic E-state index is -1.73. The van der Waals surface area contributed by atoms with Crippen molar-refractivity contribution in [1.29, 1.82) is 0 Å². The first-order valence-corrected chi connectivity index (χ1v) is 2.85. The Morgan fingerprint density at radius 2 is 2.55 bits per heavy atom. The molecule has 1 atom stereocenters. The zero-order valence-corrected chi connectivity index (χ0v) is 5.74. The normalized spacial score (nSPS) is 23.3. The first-order chi connectivity index (χ1) is 5.16. The second-order valence-electron chi connectivity index (χ2n) is 1.85. The third-order valence-corrected chi connectivity index (χ3v) is 1.19. The summed E-state index contributed by atoms with van der Waals surface area (Å²) in [5.74, 6) is 0. The summed E-state index contributed by atoms with van der Waals surface area (Å²) in [5.41, 5.74) is 0. The Morgan fingerprint density at radius 3 is 2.91 bits per heavy atom. The average Bonchev–Trinajstić information content (AvgIpc) is 2.30. The van der Waals surface area contributed by atoms with Gasteiger partial charge in [0.05, 0.1) is 7.11 Å². The van der Waals surface area contributed by atoms with Gasteiger partial charge in [0.2, 0.25) is 6.30 Å². The SMILES string of the molecule is COC(=O)N1C(=O)OCC1F. The molecule has 1 heterocycles. The molecule has 1 aliphatic heterocycles. The lowest BCUT2D eigenvalue weighted by molar-refractivity contribution is 0.0989. The molecule has 0 aromatic carbocycles. The highest BCUT2D eigenvalue weighted by molar-refractivity contribution is 5.89. The van der Waals surface area contributed by atoms with Gasteiger partial charge in [0.25, 0.3) is 0 Å². The number of amides is 2. The molecular formula is C5H6FNO4. The molecule has 1 unspecified atom stereocenters. The van der Waals surface area contributed by atoms with Crippen LogP contribution < -0.4 is 0 Å². The van der Waals surface area contributed by atoms with Crippen LogP contribution in [0.5, 0.6) is 0 Å². The van der Waals surface area contributed by atoms with Crippen LogP contribution in [0.15, 0.2) is 0 Å². The van der Waals surface area contributed by atoms with Gasteiger partial charge in [-0.05, 0) is 0 Å². The third-order valence-electron chi connectivity index (χ3n) is 1.19. The number of halogens is 1. The van der Waals surface area contributed by atoms with Crippen LogP contribution in [-0.4, -0.2) is 37.1 Å². The molecule has 11 heavy (non-hydrogen) atoms. The van der Waals surface area contributed by atoms with Gasteiger partial charge >= 0.3 is 12.2 Å². The van der Waals surface area contributed by atoms with Crippen molar-refractivity contribution in [3.05, 3.63) is 0 Å². The van der Waals surface area contributed by atoms with E-state index < -0.39 is 25.1 Å². The molecule has 62 valence electrons. The van der Waals surface area contributed by atoms with Crippen LogP contribution in [0.25, 0.3) is 0 Å². The standard InChI is InChI=1S/C5H6FNO4/c1-10-4(8)7-3(6)2-11-5(7)9/h3H,2H2,1H3. The molecule has 1 fully saturated rings. The molecule has 5 nitrogen and oxygen atoms in total. The fraction of sp³-hybridized carbons (Fsp3) is 0.600. The first-order valence-electron chi connectivity index (χ1n) is 2.85. The van der Waals surface area contributed by atoms with E-state index >= 15 is 0 Å². The average molecular weight is 163 g/mol. The van der Waals surface area contributed by atoms with E-state index in [1.807, 2.05) is 0 Å². The second-order valence-corrected chi connectivity index (χ2v) is 1.85. The van der Waals surface area contributed by atoms with Gasteiger partial charge in [-0.15, -0.1) is 0 Å². The molecule has 2 amide bonds. The van der Waals surface area contributed by atoms with Crippen LogP contribution >= 0.6 is 0 Å². The Bertz CT molecular complexity index is 195. The largest absolute Gasteiger partial charge is 0.452 e. The minimum absolute atomic E-state index is 0.278. The molecule has 0 spiro atoms. The Balaban J connectivity index is 2.68. The molecule has 0 aromatic heterocycles. The summed E-state index contributed by atoms with van der Waals surface area (Å²) >= 11 is 0. The van der Waals surface area contributed by atoms with Gasteiger partial charge in [-0.25, -0.2) is 14.0 Å². The molecule has 0 N–H and O–H groups in total. The van der Waals surface area contributed by atoms with E-state index in [-0.39, 0.29) is 4.90 Å². The Morgan fingerprint density at radius 1 is 1.91 bits per heavy atom. The lowest BCUT2D eigenvalue weighted by Gasteiger charge is -2.10. The summed E-state index contributed by atoms with van der Waals surface area (Å²) in [7, 11) is 1.06. The van der Waals surface area contributed by atoms with Crippen molar-refractivity contribution in [3.63, 3.8) is 0 Å². The van der Waals surface area contributed by atoms with Crippen LogP contribution in [0.1, 0.15) is 0 Å². The number of imide groups is 1. The summed E-state index contributed by atoms with van der Waals surface area (Å²) in [6.07, 6.45) is -3.78. The maximum absolute atomic E-state index is 12.6. The van der Waals surface area contributed by atoms with E-state index in [0.29, 0.717) is 0 Å². The van der Waals surface area contributed by atoms with Crippen molar-refractivity contribution < 1.29 is 23.5 Å². The van der Waals surface area contributed by atoms with Gasteiger partial charge in [0, 0.05) is 0 Å². The molecule has 0 bridgehead atoms. The number of cyclic esters (lactones) is 1. The summed E-state index contributed by atoms with van der Waals surface area (Å²) in [5, 5.41) is 0. The number of rotatable bonds is 0. The number of alkyl halides is 1. The van der Waals surface area contributed by atoms with Crippen LogP contribution in [-0.2, 0) is 9.47 Å². The van der Waals surface area contributed by atoms with Gasteiger partial charge < -0.3 is 9.47 Å². The highest BCUT2D eigenvalue weighted by Crippen LogP contribution is 2.13. The maximum atomic E-state index is 12.6. The molecule has 0 radical (unpaired) electrons. The zero-order chi connectivity index (χ0) is 8.43. The van der Waals surface area contributed by atoms with Gasteiger partial charge in [-0.1, -0.05) is 0 Å². The van der Waals surface area contributed by atoms with E-state index in [4.69, 9.17) is 0 Å². The minimum Gasteiger partial charge on any atom is -0.452 e. The second kappa shape index (κ2) is 2.73. The van der Waals surface area contributed by atoms with Crippen molar-refractivity contribution in [1.82, 2.24) is 4.90 Å². The summed E-state index contributed by atoms with van der Waals surface area (Å²) in [6, 6.07) is 0. The van der Waals surface area contributed by atoms with Gasteiger partial charge in [0.15, 0.2) is 0 Å². The van der Waals surface area contributed by atoms with E-state index in [1.54, 1.807) is 0 Å². The Kier molecular flexibility index (Phi) is 1.93. The van der Waals surface area contributed by atoms with Crippen LogP contribution in [0.3, 0.4) is 0 Å². The molecule has 6 heteroatoms. The Hall–Kier alpha value is -1.33. The van der Waals surface area contributed by atoms with Gasteiger partial charge in [-0.2, -0.15) is 4.90 Å². The van der Waals surface area contributed by atoms with Crippen LogP contribution in [0, 0.1) is 0 Å². The van der Waals surface area contributed by atoms with Gasteiger partial charge in [0.1, 0.15) is 6.61 Å². The van der Waals surface area contributed by atoms with Crippen molar-refractivity contribution in [2.45, 2.75) is 6.30 Å². The molecule has 1 saturated heterocycles. The maximum Gasteiger partial charge on any atom is 0.422 e. The number of hydrogen-bond acceptors (Lipinski definition) is 4. The third kappa shape index (κ3) is 1.24. The van der Waals surface area contributed by atoms with Crippen molar-refractivity contribution in [2.75, 3.05) is 13.7 Å². The zero-order valence-electron chi connectivity index (χ0n) is 5.74. The Labute approximate surface area is 61.7 Å². The number of carbonyl (C=O) groups excluding carboxylic acids is 2. The lowest BCUT2D eigenvalue weighted by Crippen LogP contribution is -2.36. The van der Waals surface area contributed by atoms with Crippen LogP contribution in [0.4, 0.5) is 14.0 Å². The predicted molar refractivity (Wildman–Crippen MR) is 30.5 cm³/mol. The molecular weight excluding hydrogens is 157 g/mol. The van der Waals surface area contributed by atoms with E-state index in [9.17, 15) is 14.0 Å². The monoisotopic (exact) mass is 163 g/mol. The molecule has 0 saturated carbocycles.